The Labute approximate surface area is 127 Å². The maximum atomic E-state index is 10.1. The monoisotopic (exact) mass is 290 g/mol. The van der Waals surface area contributed by atoms with E-state index in [0.717, 1.165) is 30.1 Å². The maximum absolute atomic E-state index is 10.1. The molecule has 0 spiro atoms. The van der Waals surface area contributed by atoms with Crippen LogP contribution >= 0.6 is 0 Å². The lowest BCUT2D eigenvalue weighted by molar-refractivity contribution is 0.133. The van der Waals surface area contributed by atoms with Crippen LogP contribution in [-0.4, -0.2) is 42.8 Å². The summed E-state index contributed by atoms with van der Waals surface area (Å²) in [5, 5.41) is 13.6. The Kier molecular flexibility index (Phi) is 4.36. The van der Waals surface area contributed by atoms with Crippen LogP contribution in [0.4, 0.5) is 0 Å². The molecule has 4 heteroatoms. The highest BCUT2D eigenvalue weighted by atomic mass is 16.5. The van der Waals surface area contributed by atoms with Gasteiger partial charge in [0.15, 0.2) is 11.5 Å². The molecule has 2 unspecified atom stereocenters. The lowest BCUT2D eigenvalue weighted by atomic mass is 9.91. The number of nitrogens with one attached hydrogen (secondary N) is 1. The van der Waals surface area contributed by atoms with Crippen molar-refractivity contribution in [1.29, 1.82) is 0 Å². The van der Waals surface area contributed by atoms with Crippen LogP contribution in [0, 0.1) is 5.92 Å². The van der Waals surface area contributed by atoms with E-state index >= 15 is 0 Å². The van der Waals surface area contributed by atoms with Crippen molar-refractivity contribution in [3.05, 3.63) is 23.8 Å². The quantitative estimate of drug-likeness (QED) is 0.874. The van der Waals surface area contributed by atoms with Gasteiger partial charge in [0, 0.05) is 24.2 Å². The number of methoxy groups -OCH3 is 1. The fraction of sp³-hybridized carbons (Fsp3) is 0.647. The number of nitrogens with zero attached hydrogens (tertiary/aromatic N) is 1. The maximum Gasteiger partial charge on any atom is 0.162 e. The molecule has 2 aliphatic heterocycles. The van der Waals surface area contributed by atoms with Crippen LogP contribution in [0.5, 0.6) is 11.5 Å². The van der Waals surface area contributed by atoms with Crippen molar-refractivity contribution in [2.75, 3.05) is 20.7 Å². The SMILES string of the molecule is COc1cccc(CNCC2CC3CCC(C2)N3C)c1O. The fourth-order valence-electron chi connectivity index (χ4n) is 3.98. The Morgan fingerprint density at radius 2 is 2.00 bits per heavy atom. The summed E-state index contributed by atoms with van der Waals surface area (Å²) in [6.07, 6.45) is 5.36. The predicted octanol–water partition coefficient (Wildman–Crippen LogP) is 2.36. The van der Waals surface area contributed by atoms with Gasteiger partial charge in [0.2, 0.25) is 0 Å². The number of rotatable bonds is 5. The van der Waals surface area contributed by atoms with Gasteiger partial charge in [0.25, 0.3) is 0 Å². The third-order valence-electron chi connectivity index (χ3n) is 5.25. The molecule has 4 nitrogen and oxygen atoms in total. The molecular weight excluding hydrogens is 264 g/mol. The van der Waals surface area contributed by atoms with E-state index in [2.05, 4.69) is 17.3 Å². The Morgan fingerprint density at radius 1 is 1.29 bits per heavy atom. The van der Waals surface area contributed by atoms with Crippen molar-refractivity contribution in [1.82, 2.24) is 10.2 Å². The van der Waals surface area contributed by atoms with Gasteiger partial charge < -0.3 is 20.1 Å². The van der Waals surface area contributed by atoms with E-state index in [1.165, 1.54) is 25.7 Å². The van der Waals surface area contributed by atoms with Crippen molar-refractivity contribution in [2.45, 2.75) is 44.3 Å². The van der Waals surface area contributed by atoms with Gasteiger partial charge >= 0.3 is 0 Å². The first-order valence-corrected chi connectivity index (χ1v) is 7.96. The van der Waals surface area contributed by atoms with Crippen molar-refractivity contribution >= 4 is 0 Å². The standard InChI is InChI=1S/C17H26N2O2/c1-19-14-6-7-15(19)9-12(8-14)10-18-11-13-4-3-5-16(21-2)17(13)20/h3-5,12,14-15,18,20H,6-11H2,1-2H3. The smallest absolute Gasteiger partial charge is 0.162 e. The molecule has 1 aromatic carbocycles. The van der Waals surface area contributed by atoms with E-state index in [9.17, 15) is 5.11 Å². The molecule has 0 radical (unpaired) electrons. The van der Waals surface area contributed by atoms with Crippen LogP contribution in [-0.2, 0) is 6.54 Å². The second-order valence-electron chi connectivity index (χ2n) is 6.49. The number of hydrogen-bond acceptors (Lipinski definition) is 4. The summed E-state index contributed by atoms with van der Waals surface area (Å²) in [6.45, 7) is 1.74. The first-order valence-electron chi connectivity index (χ1n) is 7.96. The fourth-order valence-corrected chi connectivity index (χ4v) is 3.98. The lowest BCUT2D eigenvalue weighted by Crippen LogP contribution is -2.42. The molecule has 0 aromatic heterocycles. The number of piperidine rings is 1. The van der Waals surface area contributed by atoms with Crippen LogP contribution < -0.4 is 10.1 Å². The van der Waals surface area contributed by atoms with Gasteiger partial charge in [0.1, 0.15) is 0 Å². The molecule has 2 heterocycles. The third-order valence-corrected chi connectivity index (χ3v) is 5.25. The van der Waals surface area contributed by atoms with Crippen molar-refractivity contribution in [3.8, 4) is 11.5 Å². The molecule has 2 fully saturated rings. The molecule has 0 amide bonds. The first kappa shape index (κ1) is 14.7. The molecule has 2 saturated heterocycles. The van der Waals surface area contributed by atoms with E-state index in [1.807, 2.05) is 12.1 Å². The summed E-state index contributed by atoms with van der Waals surface area (Å²) < 4.78 is 5.15. The number of benzene rings is 1. The second kappa shape index (κ2) is 6.24. The minimum Gasteiger partial charge on any atom is -0.504 e. The number of phenolic OH excluding ortho intramolecular Hbond substituents is 1. The molecule has 2 bridgehead atoms. The van der Waals surface area contributed by atoms with Crippen molar-refractivity contribution in [2.24, 2.45) is 5.92 Å². The largest absolute Gasteiger partial charge is 0.504 e. The van der Waals surface area contributed by atoms with Crippen molar-refractivity contribution in [3.63, 3.8) is 0 Å². The van der Waals surface area contributed by atoms with E-state index in [0.29, 0.717) is 12.3 Å². The molecular formula is C17H26N2O2. The Hall–Kier alpha value is -1.26. The zero-order chi connectivity index (χ0) is 14.8. The average Bonchev–Trinajstić information content (AvgIpc) is 2.71. The first-order chi connectivity index (χ1) is 10.2. The summed E-state index contributed by atoms with van der Waals surface area (Å²) in [4.78, 5) is 2.57. The van der Waals surface area contributed by atoms with Gasteiger partial charge in [-0.3, -0.25) is 0 Å². The number of ether oxygens (including phenoxy) is 1. The van der Waals surface area contributed by atoms with E-state index < -0.39 is 0 Å². The molecule has 2 aliphatic rings. The lowest BCUT2D eigenvalue weighted by Gasteiger charge is -2.36. The summed E-state index contributed by atoms with van der Waals surface area (Å²) in [7, 11) is 3.86. The van der Waals surface area contributed by atoms with Gasteiger partial charge in [-0.25, -0.2) is 0 Å². The van der Waals surface area contributed by atoms with E-state index in [-0.39, 0.29) is 5.75 Å². The third kappa shape index (κ3) is 3.01. The van der Waals surface area contributed by atoms with Gasteiger partial charge in [-0.2, -0.15) is 0 Å². The number of phenols is 1. The van der Waals surface area contributed by atoms with Crippen LogP contribution in [0.3, 0.4) is 0 Å². The highest BCUT2D eigenvalue weighted by molar-refractivity contribution is 5.45. The Morgan fingerprint density at radius 3 is 2.67 bits per heavy atom. The molecule has 0 saturated carbocycles. The average molecular weight is 290 g/mol. The zero-order valence-electron chi connectivity index (χ0n) is 13.0. The van der Waals surface area contributed by atoms with Crippen LogP contribution in [0.1, 0.15) is 31.2 Å². The highest BCUT2D eigenvalue weighted by Crippen LogP contribution is 2.37. The Balaban J connectivity index is 1.51. The molecule has 0 aliphatic carbocycles. The van der Waals surface area contributed by atoms with E-state index in [1.54, 1.807) is 13.2 Å². The number of para-hydroxylation sites is 1. The number of fused-ring (bicyclic) bond motifs is 2. The second-order valence-corrected chi connectivity index (χ2v) is 6.49. The van der Waals surface area contributed by atoms with Gasteiger partial charge in [0.05, 0.1) is 7.11 Å². The molecule has 21 heavy (non-hydrogen) atoms. The minimum atomic E-state index is 0.260. The van der Waals surface area contributed by atoms with Crippen LogP contribution in [0.15, 0.2) is 18.2 Å². The number of aromatic hydroxyl groups is 1. The normalized spacial score (nSPS) is 28.8. The van der Waals surface area contributed by atoms with E-state index in [4.69, 9.17) is 4.74 Å². The summed E-state index contributed by atoms with van der Waals surface area (Å²) in [5.41, 5.74) is 0.908. The number of hydrogen-bond donors (Lipinski definition) is 2. The van der Waals surface area contributed by atoms with Crippen LogP contribution in [0.25, 0.3) is 0 Å². The molecule has 3 rings (SSSR count). The molecule has 116 valence electrons. The highest BCUT2D eigenvalue weighted by Gasteiger charge is 2.37. The topological polar surface area (TPSA) is 44.7 Å². The summed E-state index contributed by atoms with van der Waals surface area (Å²) in [6, 6.07) is 7.24. The molecule has 1 aromatic rings. The predicted molar refractivity (Wildman–Crippen MR) is 83.7 cm³/mol. The molecule has 2 atom stereocenters. The van der Waals surface area contributed by atoms with Crippen LogP contribution in [0.2, 0.25) is 0 Å². The van der Waals surface area contributed by atoms with Gasteiger partial charge in [-0.1, -0.05) is 12.1 Å². The zero-order valence-corrected chi connectivity index (χ0v) is 13.0. The summed E-state index contributed by atoms with van der Waals surface area (Å²) in [5.74, 6) is 1.58. The van der Waals surface area contributed by atoms with Gasteiger partial charge in [-0.05, 0) is 51.3 Å². The van der Waals surface area contributed by atoms with Crippen molar-refractivity contribution < 1.29 is 9.84 Å². The minimum absolute atomic E-state index is 0.260. The van der Waals surface area contributed by atoms with Gasteiger partial charge in [-0.15, -0.1) is 0 Å². The summed E-state index contributed by atoms with van der Waals surface area (Å²) >= 11 is 0. The Bertz CT molecular complexity index is 478. The molecule has 2 N–H and O–H groups in total.